The SMILES string of the molecule is c1ccc(N(c2ccccc2)c2ccc(-n3c4ccccc4c4ccc5c(c43)Oc3ccccc3C53c4ccccc4-c4ccccc43)cc2)cc1. The van der Waals surface area contributed by atoms with Gasteiger partial charge in [0.1, 0.15) is 5.75 Å². The molecule has 0 atom stereocenters. The number of hydrogen-bond acceptors (Lipinski definition) is 2. The smallest absolute Gasteiger partial charge is 0.156 e. The van der Waals surface area contributed by atoms with Crippen LogP contribution >= 0.6 is 0 Å². The maximum atomic E-state index is 7.15. The first-order valence-electron chi connectivity index (χ1n) is 17.9. The number of rotatable bonds is 4. The number of anilines is 3. The van der Waals surface area contributed by atoms with E-state index in [0.717, 1.165) is 50.8 Å². The molecule has 3 nitrogen and oxygen atoms in total. The molecule has 1 spiro atoms. The van der Waals surface area contributed by atoms with E-state index in [0.29, 0.717) is 0 Å². The van der Waals surface area contributed by atoms with Crippen LogP contribution in [0.4, 0.5) is 17.1 Å². The summed E-state index contributed by atoms with van der Waals surface area (Å²) in [5.41, 5.74) is 13.6. The van der Waals surface area contributed by atoms with Crippen LogP contribution in [0, 0.1) is 0 Å². The van der Waals surface area contributed by atoms with Gasteiger partial charge in [-0.05, 0) is 82.9 Å². The Bertz CT molecular complexity index is 2730. The Labute approximate surface area is 302 Å². The van der Waals surface area contributed by atoms with Crippen molar-refractivity contribution in [3.63, 3.8) is 0 Å². The van der Waals surface area contributed by atoms with E-state index in [4.69, 9.17) is 4.74 Å². The van der Waals surface area contributed by atoms with Crippen LogP contribution in [0.2, 0.25) is 0 Å². The number of nitrogens with zero attached hydrogens (tertiary/aromatic N) is 2. The Hall–Kier alpha value is -6.84. The van der Waals surface area contributed by atoms with Crippen LogP contribution < -0.4 is 9.64 Å². The summed E-state index contributed by atoms with van der Waals surface area (Å²) in [4.78, 5) is 2.30. The van der Waals surface area contributed by atoms with Crippen molar-refractivity contribution in [1.29, 1.82) is 0 Å². The van der Waals surface area contributed by atoms with E-state index in [9.17, 15) is 0 Å². The van der Waals surface area contributed by atoms with Crippen molar-refractivity contribution in [2.75, 3.05) is 4.90 Å². The third-order valence-corrected chi connectivity index (χ3v) is 11.0. The zero-order valence-corrected chi connectivity index (χ0v) is 28.3. The second-order valence-corrected chi connectivity index (χ2v) is 13.7. The molecule has 8 aromatic carbocycles. The van der Waals surface area contributed by atoms with Crippen molar-refractivity contribution in [1.82, 2.24) is 4.57 Å². The lowest BCUT2D eigenvalue weighted by Gasteiger charge is -2.39. The Morgan fingerprint density at radius 3 is 1.62 bits per heavy atom. The van der Waals surface area contributed by atoms with E-state index in [1.807, 2.05) is 0 Å². The van der Waals surface area contributed by atoms with Gasteiger partial charge < -0.3 is 14.2 Å². The van der Waals surface area contributed by atoms with Gasteiger partial charge in [0.15, 0.2) is 5.75 Å². The Morgan fingerprint density at radius 2 is 0.942 bits per heavy atom. The monoisotopic (exact) mass is 664 g/mol. The molecule has 1 aliphatic carbocycles. The largest absolute Gasteiger partial charge is 0.454 e. The van der Waals surface area contributed by atoms with Crippen molar-refractivity contribution < 1.29 is 4.74 Å². The predicted octanol–water partition coefficient (Wildman–Crippen LogP) is 12.7. The highest BCUT2D eigenvalue weighted by molar-refractivity contribution is 6.12. The van der Waals surface area contributed by atoms with Crippen molar-refractivity contribution in [3.05, 3.63) is 216 Å². The minimum atomic E-state index is -0.525. The second-order valence-electron chi connectivity index (χ2n) is 13.7. The first-order valence-corrected chi connectivity index (χ1v) is 17.9. The lowest BCUT2D eigenvalue weighted by atomic mass is 9.66. The summed E-state index contributed by atoms with van der Waals surface area (Å²) in [5.74, 6) is 1.79. The lowest BCUT2D eigenvalue weighted by Crippen LogP contribution is -2.32. The first-order chi connectivity index (χ1) is 25.8. The summed E-state index contributed by atoms with van der Waals surface area (Å²) in [6.45, 7) is 0. The van der Waals surface area contributed by atoms with Crippen LogP contribution in [0.5, 0.6) is 11.5 Å². The second kappa shape index (κ2) is 11.1. The quantitative estimate of drug-likeness (QED) is 0.186. The molecule has 0 saturated carbocycles. The first kappa shape index (κ1) is 28.9. The fourth-order valence-corrected chi connectivity index (χ4v) is 8.98. The highest BCUT2D eigenvalue weighted by Gasteiger charge is 2.51. The Morgan fingerprint density at radius 1 is 0.404 bits per heavy atom. The molecule has 0 N–H and O–H groups in total. The molecule has 0 amide bonds. The van der Waals surface area contributed by atoms with Crippen molar-refractivity contribution in [2.24, 2.45) is 0 Å². The minimum Gasteiger partial charge on any atom is -0.454 e. The van der Waals surface area contributed by atoms with Crippen LogP contribution in [-0.2, 0) is 5.41 Å². The molecule has 0 saturated heterocycles. The Balaban J connectivity index is 1.18. The molecule has 2 heterocycles. The molecule has 3 heteroatoms. The number of hydrogen-bond donors (Lipinski definition) is 0. The summed E-state index contributed by atoms with van der Waals surface area (Å²) in [5, 5.41) is 2.37. The average Bonchev–Trinajstić information content (AvgIpc) is 3.71. The molecule has 0 bridgehead atoms. The number of fused-ring (bicyclic) bond motifs is 13. The number of benzene rings is 8. The Kier molecular flexibility index (Phi) is 6.17. The highest BCUT2D eigenvalue weighted by atomic mass is 16.5. The van der Waals surface area contributed by atoms with Gasteiger partial charge in [-0.3, -0.25) is 0 Å². The molecule has 1 aromatic heterocycles. The van der Waals surface area contributed by atoms with Gasteiger partial charge >= 0.3 is 0 Å². The molecule has 11 rings (SSSR count). The van der Waals surface area contributed by atoms with Crippen LogP contribution in [0.25, 0.3) is 38.6 Å². The van der Waals surface area contributed by atoms with Gasteiger partial charge in [0.2, 0.25) is 0 Å². The van der Waals surface area contributed by atoms with Gasteiger partial charge in [-0.25, -0.2) is 0 Å². The summed E-state index contributed by atoms with van der Waals surface area (Å²) < 4.78 is 9.55. The number of aromatic nitrogens is 1. The van der Waals surface area contributed by atoms with E-state index >= 15 is 0 Å². The zero-order valence-electron chi connectivity index (χ0n) is 28.3. The zero-order chi connectivity index (χ0) is 34.2. The molecule has 9 aromatic rings. The van der Waals surface area contributed by atoms with Gasteiger partial charge in [0, 0.05) is 44.6 Å². The van der Waals surface area contributed by atoms with E-state index in [1.165, 1.54) is 38.6 Å². The van der Waals surface area contributed by atoms with Crippen LogP contribution in [0.15, 0.2) is 194 Å². The molecule has 244 valence electrons. The summed E-state index contributed by atoms with van der Waals surface area (Å²) >= 11 is 0. The number of ether oxygens (including phenoxy) is 1. The summed E-state index contributed by atoms with van der Waals surface area (Å²) in [6.07, 6.45) is 0. The molecule has 1 aliphatic heterocycles. The molecule has 2 aliphatic rings. The summed E-state index contributed by atoms with van der Waals surface area (Å²) in [6, 6.07) is 69.8. The van der Waals surface area contributed by atoms with Crippen molar-refractivity contribution >= 4 is 38.9 Å². The molecule has 52 heavy (non-hydrogen) atoms. The van der Waals surface area contributed by atoms with Gasteiger partial charge in [-0.1, -0.05) is 133 Å². The third-order valence-electron chi connectivity index (χ3n) is 11.0. The molecule has 0 unspecified atom stereocenters. The fourth-order valence-electron chi connectivity index (χ4n) is 8.98. The van der Waals surface area contributed by atoms with Crippen LogP contribution in [0.3, 0.4) is 0 Å². The lowest BCUT2D eigenvalue weighted by molar-refractivity contribution is 0.440. The number of para-hydroxylation sites is 4. The van der Waals surface area contributed by atoms with Gasteiger partial charge in [-0.2, -0.15) is 0 Å². The highest BCUT2D eigenvalue weighted by Crippen LogP contribution is 2.63. The molecule has 0 radical (unpaired) electrons. The third kappa shape index (κ3) is 3.91. The molecular formula is C49H32N2O. The standard InChI is InChI=1S/C49H32N2O/c1-3-15-33(16-4-1)50(34-17-5-2-6-18-34)35-27-29-36(30-28-35)51-45-25-13-9-21-39(45)40-31-32-44-48(47(40)51)52-46-26-14-12-24-43(46)49(44)41-22-10-7-19-37(41)38-20-8-11-23-42(38)49/h1-32H. The fraction of sp³-hybridized carbons (Fsp3) is 0.0204. The van der Waals surface area contributed by atoms with Crippen LogP contribution in [-0.4, -0.2) is 4.57 Å². The molecular weight excluding hydrogens is 633 g/mol. The maximum Gasteiger partial charge on any atom is 0.156 e. The average molecular weight is 665 g/mol. The van der Waals surface area contributed by atoms with Crippen molar-refractivity contribution in [3.8, 4) is 28.3 Å². The normalized spacial score (nSPS) is 13.3. The van der Waals surface area contributed by atoms with Gasteiger partial charge in [0.25, 0.3) is 0 Å². The van der Waals surface area contributed by atoms with E-state index in [-0.39, 0.29) is 0 Å². The van der Waals surface area contributed by atoms with E-state index in [1.54, 1.807) is 0 Å². The predicted molar refractivity (Wildman–Crippen MR) is 213 cm³/mol. The maximum absolute atomic E-state index is 7.15. The summed E-state index contributed by atoms with van der Waals surface area (Å²) in [7, 11) is 0. The minimum absolute atomic E-state index is 0.525. The van der Waals surface area contributed by atoms with Crippen molar-refractivity contribution in [2.45, 2.75) is 5.41 Å². The van der Waals surface area contributed by atoms with E-state index in [2.05, 4.69) is 204 Å². The molecule has 0 fully saturated rings. The topological polar surface area (TPSA) is 17.4 Å². The van der Waals surface area contributed by atoms with Crippen LogP contribution in [0.1, 0.15) is 22.3 Å². The van der Waals surface area contributed by atoms with Gasteiger partial charge in [0.05, 0.1) is 16.4 Å². The van der Waals surface area contributed by atoms with E-state index < -0.39 is 5.41 Å². The van der Waals surface area contributed by atoms with Gasteiger partial charge in [-0.15, -0.1) is 0 Å².